The van der Waals surface area contributed by atoms with E-state index >= 15 is 0 Å². The summed E-state index contributed by atoms with van der Waals surface area (Å²) in [5.41, 5.74) is 1.43. The molecule has 0 aromatic carbocycles. The van der Waals surface area contributed by atoms with Crippen LogP contribution in [-0.4, -0.2) is 37.0 Å². The van der Waals surface area contributed by atoms with Crippen LogP contribution in [0.3, 0.4) is 0 Å². The number of nitrogens with one attached hydrogen (secondary N) is 1. The van der Waals surface area contributed by atoms with Gasteiger partial charge < -0.3 is 10.2 Å². The van der Waals surface area contributed by atoms with Gasteiger partial charge in [0.2, 0.25) is 0 Å². The average Bonchev–Trinajstić information content (AvgIpc) is 3.06. The third kappa shape index (κ3) is 2.91. The molecular weight excluding hydrogens is 268 g/mol. The van der Waals surface area contributed by atoms with E-state index < -0.39 is 0 Å². The Morgan fingerprint density at radius 2 is 2.20 bits per heavy atom. The molecule has 1 aromatic rings. The van der Waals surface area contributed by atoms with Gasteiger partial charge in [0.15, 0.2) is 0 Å². The Morgan fingerprint density at radius 3 is 2.90 bits per heavy atom. The summed E-state index contributed by atoms with van der Waals surface area (Å²) in [5.74, 6) is 0.928. The largest absolute Gasteiger partial charge is 0.338 e. The molecule has 0 saturated carbocycles. The van der Waals surface area contributed by atoms with Crippen molar-refractivity contribution in [2.24, 2.45) is 5.92 Å². The number of thiophene rings is 1. The molecule has 2 heterocycles. The molecule has 0 spiro atoms. The lowest BCUT2D eigenvalue weighted by Gasteiger charge is -2.29. The molecule has 0 unspecified atom stereocenters. The van der Waals surface area contributed by atoms with E-state index in [9.17, 15) is 4.79 Å². The van der Waals surface area contributed by atoms with Gasteiger partial charge in [-0.2, -0.15) is 0 Å². The highest BCUT2D eigenvalue weighted by Crippen LogP contribution is 2.31. The Hall–Kier alpha value is -0.870. The number of carbonyl (C=O) groups is 1. The summed E-state index contributed by atoms with van der Waals surface area (Å²) in [7, 11) is 0. The van der Waals surface area contributed by atoms with Crippen molar-refractivity contribution < 1.29 is 4.79 Å². The van der Waals surface area contributed by atoms with Crippen LogP contribution in [0.25, 0.3) is 0 Å². The lowest BCUT2D eigenvalue weighted by atomic mass is 9.97. The lowest BCUT2D eigenvalue weighted by Crippen LogP contribution is -2.39. The third-order valence-corrected chi connectivity index (χ3v) is 5.79. The molecular formula is C16H24N2OS. The molecule has 0 atom stereocenters. The maximum absolute atomic E-state index is 12.7. The van der Waals surface area contributed by atoms with Gasteiger partial charge in [-0.25, -0.2) is 0 Å². The highest BCUT2D eigenvalue weighted by Gasteiger charge is 2.24. The Bertz CT molecular complexity index is 455. The van der Waals surface area contributed by atoms with Gasteiger partial charge in [0.05, 0.1) is 4.88 Å². The fourth-order valence-corrected chi connectivity index (χ4v) is 4.54. The second kappa shape index (κ2) is 6.27. The molecule has 0 bridgehead atoms. The topological polar surface area (TPSA) is 32.3 Å². The fraction of sp³-hybridized carbons (Fsp3) is 0.688. The van der Waals surface area contributed by atoms with E-state index in [-0.39, 0.29) is 5.91 Å². The average molecular weight is 292 g/mol. The van der Waals surface area contributed by atoms with Crippen LogP contribution in [0, 0.1) is 5.92 Å². The van der Waals surface area contributed by atoms with Gasteiger partial charge in [-0.1, -0.05) is 0 Å². The molecule has 3 rings (SSSR count). The Morgan fingerprint density at radius 1 is 1.40 bits per heavy atom. The van der Waals surface area contributed by atoms with Crippen LogP contribution >= 0.6 is 11.3 Å². The molecule has 20 heavy (non-hydrogen) atoms. The van der Waals surface area contributed by atoms with Crippen LogP contribution in [0.5, 0.6) is 0 Å². The van der Waals surface area contributed by atoms with E-state index in [0.29, 0.717) is 5.92 Å². The molecule has 4 heteroatoms. The number of carbonyl (C=O) groups excluding carboxylic acids is 1. The van der Waals surface area contributed by atoms with Crippen LogP contribution in [0.4, 0.5) is 0 Å². The van der Waals surface area contributed by atoms with Gasteiger partial charge in [-0.3, -0.25) is 4.79 Å². The number of piperidine rings is 1. The van der Waals surface area contributed by atoms with Crippen molar-refractivity contribution >= 4 is 17.2 Å². The predicted octanol–water partition coefficient (Wildman–Crippen LogP) is 2.70. The van der Waals surface area contributed by atoms with E-state index in [1.807, 2.05) is 0 Å². The number of nitrogens with zero attached hydrogens (tertiary/aromatic N) is 1. The number of hydrogen-bond acceptors (Lipinski definition) is 3. The van der Waals surface area contributed by atoms with Crippen molar-refractivity contribution in [2.75, 3.05) is 26.2 Å². The number of amides is 1. The monoisotopic (exact) mass is 292 g/mol. The van der Waals surface area contributed by atoms with E-state index in [0.717, 1.165) is 31.1 Å². The minimum Gasteiger partial charge on any atom is -0.338 e. The Balaban J connectivity index is 1.66. The molecule has 1 N–H and O–H groups in total. The summed E-state index contributed by atoms with van der Waals surface area (Å²) < 4.78 is 0. The van der Waals surface area contributed by atoms with Crippen molar-refractivity contribution in [3.05, 3.63) is 21.4 Å². The molecule has 0 radical (unpaired) electrons. The van der Waals surface area contributed by atoms with Gasteiger partial charge in [0, 0.05) is 18.0 Å². The number of hydrogen-bond donors (Lipinski definition) is 1. The molecule has 1 fully saturated rings. The second-order valence-corrected chi connectivity index (χ2v) is 7.09. The molecule has 110 valence electrons. The van der Waals surface area contributed by atoms with Crippen LogP contribution in [-0.2, 0) is 12.8 Å². The molecule has 1 aliphatic heterocycles. The summed E-state index contributed by atoms with van der Waals surface area (Å²) >= 11 is 1.73. The van der Waals surface area contributed by atoms with Crippen molar-refractivity contribution in [2.45, 2.75) is 39.0 Å². The second-order valence-electron chi connectivity index (χ2n) is 5.95. The third-order valence-electron chi connectivity index (χ3n) is 4.56. The predicted molar refractivity (Wildman–Crippen MR) is 83.5 cm³/mol. The normalized spacial score (nSPS) is 19.1. The van der Waals surface area contributed by atoms with Gasteiger partial charge in [-0.15, -0.1) is 11.3 Å². The van der Waals surface area contributed by atoms with Gasteiger partial charge in [0.1, 0.15) is 0 Å². The highest BCUT2D eigenvalue weighted by molar-refractivity contribution is 7.14. The minimum absolute atomic E-state index is 0.255. The van der Waals surface area contributed by atoms with Crippen LogP contribution < -0.4 is 5.32 Å². The summed E-state index contributed by atoms with van der Waals surface area (Å²) in [6.07, 6.45) is 6.00. The molecule has 1 aliphatic carbocycles. The van der Waals surface area contributed by atoms with Crippen LogP contribution in [0.2, 0.25) is 0 Å². The summed E-state index contributed by atoms with van der Waals surface area (Å²) in [5, 5.41) is 3.39. The standard InChI is InChI=1S/C16H24N2OS/c1-2-18(11-12-6-8-17-9-7-12)16(19)15-10-13-4-3-5-14(13)20-15/h10,12,17H,2-9,11H2,1H3. The Kier molecular flexibility index (Phi) is 4.41. The van der Waals surface area contributed by atoms with E-state index in [4.69, 9.17) is 0 Å². The van der Waals surface area contributed by atoms with Crippen molar-refractivity contribution in [1.29, 1.82) is 0 Å². The first kappa shape index (κ1) is 14.1. The SMILES string of the molecule is CCN(CC1CCNCC1)C(=O)c1cc2c(s1)CCC2. The number of fused-ring (bicyclic) bond motifs is 1. The molecule has 1 amide bonds. The number of rotatable bonds is 4. The van der Waals surface area contributed by atoms with Gasteiger partial charge in [0.25, 0.3) is 5.91 Å². The molecule has 2 aliphatic rings. The van der Waals surface area contributed by atoms with Crippen molar-refractivity contribution in [1.82, 2.24) is 10.2 Å². The zero-order valence-electron chi connectivity index (χ0n) is 12.3. The van der Waals surface area contributed by atoms with Crippen LogP contribution in [0.15, 0.2) is 6.07 Å². The molecule has 3 nitrogen and oxygen atoms in total. The Labute approximate surface area is 125 Å². The van der Waals surface area contributed by atoms with E-state index in [2.05, 4.69) is 23.2 Å². The highest BCUT2D eigenvalue weighted by atomic mass is 32.1. The van der Waals surface area contributed by atoms with Crippen molar-refractivity contribution in [3.63, 3.8) is 0 Å². The first-order chi connectivity index (χ1) is 9.78. The van der Waals surface area contributed by atoms with Crippen molar-refractivity contribution in [3.8, 4) is 0 Å². The van der Waals surface area contributed by atoms with Gasteiger partial charge in [-0.05, 0) is 69.7 Å². The molecule has 1 saturated heterocycles. The maximum atomic E-state index is 12.7. The van der Waals surface area contributed by atoms with Gasteiger partial charge >= 0.3 is 0 Å². The summed E-state index contributed by atoms with van der Waals surface area (Å²) in [6.45, 7) is 6.05. The minimum atomic E-state index is 0.255. The smallest absolute Gasteiger partial charge is 0.263 e. The lowest BCUT2D eigenvalue weighted by molar-refractivity contribution is 0.0731. The maximum Gasteiger partial charge on any atom is 0.263 e. The number of aryl methyl sites for hydroxylation is 2. The first-order valence-electron chi connectivity index (χ1n) is 7.89. The zero-order valence-corrected chi connectivity index (χ0v) is 13.1. The summed E-state index contributed by atoms with van der Waals surface area (Å²) in [4.78, 5) is 17.1. The first-order valence-corrected chi connectivity index (χ1v) is 8.71. The zero-order chi connectivity index (χ0) is 13.9. The van der Waals surface area contributed by atoms with E-state index in [1.165, 1.54) is 42.5 Å². The molecule has 1 aromatic heterocycles. The summed E-state index contributed by atoms with van der Waals surface area (Å²) in [6, 6.07) is 2.15. The van der Waals surface area contributed by atoms with E-state index in [1.54, 1.807) is 11.3 Å². The fourth-order valence-electron chi connectivity index (χ4n) is 3.32. The van der Waals surface area contributed by atoms with Crippen LogP contribution in [0.1, 0.15) is 46.3 Å². The quantitative estimate of drug-likeness (QED) is 0.925.